The predicted molar refractivity (Wildman–Crippen MR) is 70.8 cm³/mol. The number of anilines is 1. The number of carbonyl (C=O) groups excluding carboxylic acids is 1. The maximum absolute atomic E-state index is 11.9. The summed E-state index contributed by atoms with van der Waals surface area (Å²) in [4.78, 5) is 19.8. The first-order valence-electron chi connectivity index (χ1n) is 6.16. The van der Waals surface area contributed by atoms with Crippen LogP contribution in [0.1, 0.15) is 44.1 Å². The molecule has 0 aromatic carbocycles. The van der Waals surface area contributed by atoms with Crippen LogP contribution in [0.5, 0.6) is 0 Å². The molecule has 0 fully saturated rings. The molecule has 1 aromatic rings. The standard InChI is InChI=1S/C12H21N5O/c1-4-8(2)5-9(3)15-12(18)10-6-14-7-11(16-10)17-13/h6-9H,4-5,13H2,1-3H3,(H,15,18)(H,16,17). The predicted octanol–water partition coefficient (Wildman–Crippen LogP) is 1.32. The van der Waals surface area contributed by atoms with E-state index in [9.17, 15) is 4.79 Å². The van der Waals surface area contributed by atoms with Crippen LogP contribution >= 0.6 is 0 Å². The van der Waals surface area contributed by atoms with E-state index in [1.807, 2.05) is 6.92 Å². The van der Waals surface area contributed by atoms with Crippen molar-refractivity contribution < 1.29 is 4.79 Å². The van der Waals surface area contributed by atoms with Gasteiger partial charge in [-0.15, -0.1) is 0 Å². The van der Waals surface area contributed by atoms with Crippen molar-refractivity contribution in [3.63, 3.8) is 0 Å². The number of carbonyl (C=O) groups is 1. The lowest BCUT2D eigenvalue weighted by Crippen LogP contribution is -2.34. The van der Waals surface area contributed by atoms with Gasteiger partial charge in [0.25, 0.3) is 5.91 Å². The zero-order valence-corrected chi connectivity index (χ0v) is 11.1. The summed E-state index contributed by atoms with van der Waals surface area (Å²) in [5.41, 5.74) is 2.63. The molecular formula is C12H21N5O. The molecular weight excluding hydrogens is 230 g/mol. The molecule has 100 valence electrons. The highest BCUT2D eigenvalue weighted by atomic mass is 16.1. The van der Waals surface area contributed by atoms with Crippen LogP contribution in [-0.4, -0.2) is 21.9 Å². The van der Waals surface area contributed by atoms with Gasteiger partial charge in [-0.25, -0.2) is 10.8 Å². The summed E-state index contributed by atoms with van der Waals surface area (Å²) < 4.78 is 0. The van der Waals surface area contributed by atoms with Crippen molar-refractivity contribution in [1.29, 1.82) is 0 Å². The molecule has 1 heterocycles. The summed E-state index contributed by atoms with van der Waals surface area (Å²) in [5, 5.41) is 2.90. The summed E-state index contributed by atoms with van der Waals surface area (Å²) in [5.74, 6) is 5.95. The lowest BCUT2D eigenvalue weighted by Gasteiger charge is -2.17. The SMILES string of the molecule is CCC(C)CC(C)NC(=O)c1cncc(NN)n1. The highest BCUT2D eigenvalue weighted by Crippen LogP contribution is 2.10. The van der Waals surface area contributed by atoms with Gasteiger partial charge in [0, 0.05) is 6.04 Å². The Morgan fingerprint density at radius 1 is 1.44 bits per heavy atom. The zero-order valence-electron chi connectivity index (χ0n) is 11.1. The number of nitrogens with one attached hydrogen (secondary N) is 2. The molecule has 1 aromatic heterocycles. The minimum absolute atomic E-state index is 0.115. The van der Waals surface area contributed by atoms with E-state index in [0.29, 0.717) is 11.7 Å². The number of aromatic nitrogens is 2. The second-order valence-corrected chi connectivity index (χ2v) is 4.56. The van der Waals surface area contributed by atoms with Crippen molar-refractivity contribution in [1.82, 2.24) is 15.3 Å². The van der Waals surface area contributed by atoms with Gasteiger partial charge in [-0.2, -0.15) is 0 Å². The van der Waals surface area contributed by atoms with Crippen molar-refractivity contribution in [3.8, 4) is 0 Å². The topological polar surface area (TPSA) is 92.9 Å². The summed E-state index contributed by atoms with van der Waals surface area (Å²) >= 11 is 0. The maximum atomic E-state index is 11.9. The Morgan fingerprint density at radius 2 is 2.17 bits per heavy atom. The zero-order chi connectivity index (χ0) is 13.5. The van der Waals surface area contributed by atoms with Crippen molar-refractivity contribution in [2.75, 3.05) is 5.43 Å². The Morgan fingerprint density at radius 3 is 2.78 bits per heavy atom. The molecule has 0 bridgehead atoms. The fourth-order valence-corrected chi connectivity index (χ4v) is 1.67. The van der Waals surface area contributed by atoms with Gasteiger partial charge in [0.2, 0.25) is 0 Å². The van der Waals surface area contributed by atoms with Crippen LogP contribution in [0, 0.1) is 5.92 Å². The fourth-order valence-electron chi connectivity index (χ4n) is 1.67. The number of nitrogens with zero attached hydrogens (tertiary/aromatic N) is 2. The summed E-state index contributed by atoms with van der Waals surface area (Å²) in [6, 6.07) is 0.115. The molecule has 0 saturated heterocycles. The quantitative estimate of drug-likeness (QED) is 0.523. The third-order valence-corrected chi connectivity index (χ3v) is 2.85. The Kier molecular flexibility index (Phi) is 5.51. The van der Waals surface area contributed by atoms with Gasteiger partial charge in [-0.05, 0) is 19.3 Å². The molecule has 1 rings (SSSR count). The second-order valence-electron chi connectivity index (χ2n) is 4.56. The molecule has 4 N–H and O–H groups in total. The van der Waals surface area contributed by atoms with E-state index in [2.05, 4.69) is 34.6 Å². The van der Waals surface area contributed by atoms with E-state index in [1.54, 1.807) is 0 Å². The van der Waals surface area contributed by atoms with Crippen LogP contribution in [0.2, 0.25) is 0 Å². The highest BCUT2D eigenvalue weighted by molar-refractivity contribution is 5.92. The minimum atomic E-state index is -0.226. The molecule has 1 amide bonds. The number of rotatable bonds is 6. The number of hydrogen-bond acceptors (Lipinski definition) is 5. The van der Waals surface area contributed by atoms with Crippen LogP contribution in [0.4, 0.5) is 5.82 Å². The van der Waals surface area contributed by atoms with E-state index in [1.165, 1.54) is 12.4 Å². The largest absolute Gasteiger partial charge is 0.348 e. The van der Waals surface area contributed by atoms with Gasteiger partial charge < -0.3 is 10.7 Å². The third-order valence-electron chi connectivity index (χ3n) is 2.85. The Hall–Kier alpha value is -1.69. The van der Waals surface area contributed by atoms with E-state index >= 15 is 0 Å². The molecule has 6 nitrogen and oxygen atoms in total. The van der Waals surface area contributed by atoms with Gasteiger partial charge in [-0.1, -0.05) is 20.3 Å². The monoisotopic (exact) mass is 251 g/mol. The number of nitrogens with two attached hydrogens (primary N) is 1. The molecule has 0 radical (unpaired) electrons. The van der Waals surface area contributed by atoms with Crippen LogP contribution in [0.25, 0.3) is 0 Å². The first-order valence-corrected chi connectivity index (χ1v) is 6.16. The average Bonchev–Trinajstić information content (AvgIpc) is 2.38. The number of amides is 1. The highest BCUT2D eigenvalue weighted by Gasteiger charge is 2.13. The van der Waals surface area contributed by atoms with Crippen LogP contribution in [0.3, 0.4) is 0 Å². The molecule has 18 heavy (non-hydrogen) atoms. The van der Waals surface area contributed by atoms with Crippen molar-refractivity contribution in [2.24, 2.45) is 11.8 Å². The molecule has 0 aliphatic carbocycles. The van der Waals surface area contributed by atoms with Gasteiger partial charge >= 0.3 is 0 Å². The minimum Gasteiger partial charge on any atom is -0.348 e. The first-order chi connectivity index (χ1) is 8.56. The maximum Gasteiger partial charge on any atom is 0.271 e. The van der Waals surface area contributed by atoms with Crippen LogP contribution in [0.15, 0.2) is 12.4 Å². The van der Waals surface area contributed by atoms with Gasteiger partial charge in [-0.3, -0.25) is 9.78 Å². The van der Waals surface area contributed by atoms with Crippen molar-refractivity contribution in [3.05, 3.63) is 18.1 Å². The van der Waals surface area contributed by atoms with Gasteiger partial charge in [0.1, 0.15) is 5.69 Å². The summed E-state index contributed by atoms with van der Waals surface area (Å²) in [6.45, 7) is 6.30. The van der Waals surface area contributed by atoms with E-state index in [-0.39, 0.29) is 17.6 Å². The smallest absolute Gasteiger partial charge is 0.271 e. The average molecular weight is 251 g/mol. The second kappa shape index (κ2) is 6.90. The van der Waals surface area contributed by atoms with Crippen LogP contribution in [-0.2, 0) is 0 Å². The first kappa shape index (κ1) is 14.4. The van der Waals surface area contributed by atoms with E-state index < -0.39 is 0 Å². The summed E-state index contributed by atoms with van der Waals surface area (Å²) in [7, 11) is 0. The molecule has 0 spiro atoms. The third kappa shape index (κ3) is 4.29. The Balaban J connectivity index is 2.58. The number of hydrazine groups is 1. The Bertz CT molecular complexity index is 396. The normalized spacial score (nSPS) is 13.8. The van der Waals surface area contributed by atoms with Gasteiger partial charge in [0.15, 0.2) is 5.82 Å². The molecule has 0 aliphatic heterocycles. The molecule has 0 saturated carbocycles. The molecule has 2 unspecified atom stereocenters. The van der Waals surface area contributed by atoms with E-state index in [4.69, 9.17) is 5.84 Å². The lowest BCUT2D eigenvalue weighted by atomic mass is 10.0. The summed E-state index contributed by atoms with van der Waals surface area (Å²) in [6.07, 6.45) is 4.93. The molecule has 6 heteroatoms. The fraction of sp³-hybridized carbons (Fsp3) is 0.583. The number of nitrogen functional groups attached to an aromatic ring is 1. The number of hydrogen-bond donors (Lipinski definition) is 3. The molecule has 0 aliphatic rings. The van der Waals surface area contributed by atoms with Crippen molar-refractivity contribution in [2.45, 2.75) is 39.7 Å². The van der Waals surface area contributed by atoms with Crippen molar-refractivity contribution >= 4 is 11.7 Å². The Labute approximate surface area is 107 Å². The van der Waals surface area contributed by atoms with Gasteiger partial charge in [0.05, 0.1) is 12.4 Å². The lowest BCUT2D eigenvalue weighted by molar-refractivity contribution is 0.0930. The van der Waals surface area contributed by atoms with Crippen LogP contribution < -0.4 is 16.6 Å². The molecule has 2 atom stereocenters. The van der Waals surface area contributed by atoms with E-state index in [0.717, 1.165) is 12.8 Å².